The normalized spacial score (nSPS) is 14.7. The fourth-order valence-electron chi connectivity index (χ4n) is 3.08. The van der Waals surface area contributed by atoms with Gasteiger partial charge in [0.25, 0.3) is 5.91 Å². The number of ether oxygens (including phenoxy) is 2. The topological polar surface area (TPSA) is 77.8 Å². The van der Waals surface area contributed by atoms with Crippen molar-refractivity contribution in [2.24, 2.45) is 0 Å². The lowest BCUT2D eigenvalue weighted by atomic mass is 10.0. The Bertz CT molecular complexity index is 964. The van der Waals surface area contributed by atoms with Crippen LogP contribution in [-0.2, 0) is 17.8 Å². The molecule has 7 nitrogen and oxygen atoms in total. The first-order valence-electron chi connectivity index (χ1n) is 8.51. The standard InChI is InChI=1S/C19H20N4O3/c1-19(2)10-13-6-5-7-14(18(13)26-19)25-12-17(24)20-11-16-22-21-15-8-3-4-9-23(15)16/h3-9H,10-12H2,1-2H3,(H,20,24). The molecule has 0 aliphatic carbocycles. The lowest BCUT2D eigenvalue weighted by Gasteiger charge is -2.18. The number of fused-ring (bicyclic) bond motifs is 2. The molecule has 7 heteroatoms. The highest BCUT2D eigenvalue weighted by atomic mass is 16.5. The molecule has 0 bridgehead atoms. The maximum atomic E-state index is 12.1. The molecule has 0 saturated carbocycles. The van der Waals surface area contributed by atoms with Gasteiger partial charge in [0, 0.05) is 18.2 Å². The van der Waals surface area contributed by atoms with Crippen LogP contribution >= 0.6 is 0 Å². The van der Waals surface area contributed by atoms with Crippen LogP contribution in [0.4, 0.5) is 0 Å². The fraction of sp³-hybridized carbons (Fsp3) is 0.316. The summed E-state index contributed by atoms with van der Waals surface area (Å²) in [4.78, 5) is 12.1. The first-order valence-corrected chi connectivity index (χ1v) is 8.51. The molecule has 1 aliphatic heterocycles. The lowest BCUT2D eigenvalue weighted by molar-refractivity contribution is -0.123. The third-order valence-electron chi connectivity index (χ3n) is 4.24. The van der Waals surface area contributed by atoms with Gasteiger partial charge in [0.2, 0.25) is 0 Å². The number of pyridine rings is 1. The van der Waals surface area contributed by atoms with E-state index in [1.54, 1.807) is 0 Å². The Morgan fingerprint density at radius 3 is 3.04 bits per heavy atom. The minimum Gasteiger partial charge on any atom is -0.483 e. The molecule has 3 aromatic rings. The maximum absolute atomic E-state index is 12.1. The third-order valence-corrected chi connectivity index (χ3v) is 4.24. The number of hydrogen-bond acceptors (Lipinski definition) is 5. The van der Waals surface area contributed by atoms with E-state index in [0.29, 0.717) is 11.6 Å². The summed E-state index contributed by atoms with van der Waals surface area (Å²) < 4.78 is 13.5. The van der Waals surface area contributed by atoms with Crippen molar-refractivity contribution in [1.29, 1.82) is 0 Å². The average molecular weight is 352 g/mol. The summed E-state index contributed by atoms with van der Waals surface area (Å²) in [5, 5.41) is 10.9. The maximum Gasteiger partial charge on any atom is 0.258 e. The summed E-state index contributed by atoms with van der Waals surface area (Å²) in [7, 11) is 0. The molecule has 1 aliphatic rings. The molecule has 134 valence electrons. The van der Waals surface area contributed by atoms with Gasteiger partial charge in [-0.1, -0.05) is 18.2 Å². The van der Waals surface area contributed by atoms with Crippen molar-refractivity contribution in [3.63, 3.8) is 0 Å². The van der Waals surface area contributed by atoms with E-state index in [2.05, 4.69) is 15.5 Å². The van der Waals surface area contributed by atoms with Crippen LogP contribution in [0.1, 0.15) is 25.2 Å². The minimum atomic E-state index is -0.251. The van der Waals surface area contributed by atoms with Gasteiger partial charge < -0.3 is 14.8 Å². The predicted octanol–water partition coefficient (Wildman–Crippen LogP) is 2.14. The number of amides is 1. The fourth-order valence-corrected chi connectivity index (χ4v) is 3.08. The van der Waals surface area contributed by atoms with Crippen LogP contribution < -0.4 is 14.8 Å². The van der Waals surface area contributed by atoms with Gasteiger partial charge in [-0.3, -0.25) is 9.20 Å². The van der Waals surface area contributed by atoms with Crippen LogP contribution in [0.15, 0.2) is 42.6 Å². The van der Waals surface area contributed by atoms with E-state index >= 15 is 0 Å². The van der Waals surface area contributed by atoms with Crippen molar-refractivity contribution >= 4 is 11.6 Å². The zero-order chi connectivity index (χ0) is 18.1. The molecule has 26 heavy (non-hydrogen) atoms. The van der Waals surface area contributed by atoms with Gasteiger partial charge in [-0.2, -0.15) is 0 Å². The molecule has 0 fully saturated rings. The number of benzene rings is 1. The summed E-state index contributed by atoms with van der Waals surface area (Å²) in [6.45, 7) is 4.26. The number of carbonyl (C=O) groups excluding carboxylic acids is 1. The molecule has 4 rings (SSSR count). The molecular weight excluding hydrogens is 332 g/mol. The van der Waals surface area contributed by atoms with Gasteiger partial charge in [-0.05, 0) is 32.0 Å². The molecule has 3 heterocycles. The second-order valence-corrected chi connectivity index (χ2v) is 6.89. The summed E-state index contributed by atoms with van der Waals surface area (Å²) in [6.07, 6.45) is 2.69. The second-order valence-electron chi connectivity index (χ2n) is 6.89. The van der Waals surface area contributed by atoms with Crippen LogP contribution in [0.2, 0.25) is 0 Å². The summed E-state index contributed by atoms with van der Waals surface area (Å²) in [6, 6.07) is 11.4. The van der Waals surface area contributed by atoms with Crippen molar-refractivity contribution in [1.82, 2.24) is 19.9 Å². The quantitative estimate of drug-likeness (QED) is 0.761. The Morgan fingerprint density at radius 1 is 1.27 bits per heavy atom. The Balaban J connectivity index is 1.36. The van der Waals surface area contributed by atoms with Gasteiger partial charge in [0.15, 0.2) is 29.6 Å². The number of para-hydroxylation sites is 1. The molecule has 0 atom stereocenters. The molecule has 1 N–H and O–H groups in total. The van der Waals surface area contributed by atoms with Crippen LogP contribution in [-0.4, -0.2) is 32.7 Å². The summed E-state index contributed by atoms with van der Waals surface area (Å²) in [5.41, 5.74) is 1.59. The molecule has 0 unspecified atom stereocenters. The lowest BCUT2D eigenvalue weighted by Crippen LogP contribution is -2.29. The first kappa shape index (κ1) is 16.4. The zero-order valence-electron chi connectivity index (χ0n) is 14.7. The van der Waals surface area contributed by atoms with E-state index in [4.69, 9.17) is 9.47 Å². The third kappa shape index (κ3) is 3.20. The SMILES string of the molecule is CC1(C)Cc2cccc(OCC(=O)NCc3nnc4ccccn34)c2O1. The Labute approximate surface area is 151 Å². The van der Waals surface area contributed by atoms with Gasteiger partial charge in [-0.15, -0.1) is 10.2 Å². The average Bonchev–Trinajstić information content (AvgIpc) is 3.17. The van der Waals surface area contributed by atoms with Gasteiger partial charge in [0.05, 0.1) is 6.54 Å². The number of nitrogens with one attached hydrogen (secondary N) is 1. The van der Waals surface area contributed by atoms with E-state index in [9.17, 15) is 4.79 Å². The minimum absolute atomic E-state index is 0.0863. The molecule has 0 spiro atoms. The molecule has 0 radical (unpaired) electrons. The largest absolute Gasteiger partial charge is 0.483 e. The van der Waals surface area contributed by atoms with E-state index < -0.39 is 0 Å². The van der Waals surface area contributed by atoms with Crippen LogP contribution in [0.25, 0.3) is 5.65 Å². The van der Waals surface area contributed by atoms with E-state index in [1.807, 2.05) is 60.8 Å². The van der Waals surface area contributed by atoms with Crippen molar-refractivity contribution in [2.45, 2.75) is 32.4 Å². The highest BCUT2D eigenvalue weighted by Crippen LogP contribution is 2.41. The molecule has 0 saturated heterocycles. The summed E-state index contributed by atoms with van der Waals surface area (Å²) in [5.74, 6) is 1.76. The number of rotatable bonds is 5. The molecule has 2 aromatic heterocycles. The van der Waals surface area contributed by atoms with Crippen molar-refractivity contribution in [3.05, 3.63) is 54.0 Å². The smallest absolute Gasteiger partial charge is 0.258 e. The number of nitrogens with zero attached hydrogens (tertiary/aromatic N) is 3. The van der Waals surface area contributed by atoms with E-state index in [1.165, 1.54) is 0 Å². The Morgan fingerprint density at radius 2 is 2.15 bits per heavy atom. The highest BCUT2D eigenvalue weighted by molar-refractivity contribution is 5.77. The van der Waals surface area contributed by atoms with Gasteiger partial charge in [-0.25, -0.2) is 0 Å². The molecule has 1 amide bonds. The summed E-state index contributed by atoms with van der Waals surface area (Å²) >= 11 is 0. The Kier molecular flexibility index (Phi) is 3.99. The predicted molar refractivity (Wildman–Crippen MR) is 95.2 cm³/mol. The van der Waals surface area contributed by atoms with Crippen LogP contribution in [0.5, 0.6) is 11.5 Å². The first-order chi connectivity index (χ1) is 12.5. The second kappa shape index (κ2) is 6.33. The van der Waals surface area contributed by atoms with Gasteiger partial charge >= 0.3 is 0 Å². The van der Waals surface area contributed by atoms with Crippen molar-refractivity contribution in [2.75, 3.05) is 6.61 Å². The van der Waals surface area contributed by atoms with Gasteiger partial charge in [0.1, 0.15) is 5.60 Å². The van der Waals surface area contributed by atoms with E-state index in [0.717, 1.165) is 23.4 Å². The Hall–Kier alpha value is -3.09. The number of hydrogen-bond donors (Lipinski definition) is 1. The van der Waals surface area contributed by atoms with Crippen LogP contribution in [0, 0.1) is 0 Å². The number of carbonyl (C=O) groups is 1. The van der Waals surface area contributed by atoms with Crippen molar-refractivity contribution < 1.29 is 14.3 Å². The monoisotopic (exact) mass is 352 g/mol. The number of aromatic nitrogens is 3. The molecular formula is C19H20N4O3. The van der Waals surface area contributed by atoms with Crippen molar-refractivity contribution in [3.8, 4) is 11.5 Å². The van der Waals surface area contributed by atoms with E-state index in [-0.39, 0.29) is 24.7 Å². The highest BCUT2D eigenvalue weighted by Gasteiger charge is 2.32. The molecule has 1 aromatic carbocycles. The zero-order valence-corrected chi connectivity index (χ0v) is 14.7. The van der Waals surface area contributed by atoms with Crippen LogP contribution in [0.3, 0.4) is 0 Å².